The minimum atomic E-state index is -0.649. The van der Waals surface area contributed by atoms with Crippen LogP contribution in [-0.4, -0.2) is 90.1 Å². The van der Waals surface area contributed by atoms with E-state index < -0.39 is 5.97 Å². The summed E-state index contributed by atoms with van der Waals surface area (Å²) in [7, 11) is 1.90. The molecular formula is C33H45N3O4. The molecule has 7 heteroatoms. The highest BCUT2D eigenvalue weighted by atomic mass is 16.5. The topological polar surface area (TPSA) is 73.3 Å². The zero-order valence-electron chi connectivity index (χ0n) is 23.9. The lowest BCUT2D eigenvalue weighted by Crippen LogP contribution is -2.48. The van der Waals surface area contributed by atoms with Crippen LogP contribution in [0.3, 0.4) is 0 Å². The molecule has 1 N–H and O–H groups in total. The third-order valence-corrected chi connectivity index (χ3v) is 9.54. The van der Waals surface area contributed by atoms with E-state index in [4.69, 9.17) is 4.74 Å². The van der Waals surface area contributed by atoms with Gasteiger partial charge in [-0.05, 0) is 55.2 Å². The number of carboxylic acid groups (broad SMARTS) is 1. The Hall–Kier alpha value is -2.90. The molecule has 216 valence electrons. The number of amides is 1. The first-order valence-corrected chi connectivity index (χ1v) is 15.2. The number of carbonyl (C=O) groups excluding carboxylic acids is 1. The second-order valence-electron chi connectivity index (χ2n) is 12.1. The molecule has 3 aliphatic rings. The van der Waals surface area contributed by atoms with Gasteiger partial charge in [-0.15, -0.1) is 0 Å². The van der Waals surface area contributed by atoms with Gasteiger partial charge in [0.05, 0.1) is 0 Å². The predicted molar refractivity (Wildman–Crippen MR) is 156 cm³/mol. The fourth-order valence-corrected chi connectivity index (χ4v) is 7.29. The molecule has 2 aromatic carbocycles. The summed E-state index contributed by atoms with van der Waals surface area (Å²) >= 11 is 0. The molecule has 1 aliphatic carbocycles. The normalized spacial score (nSPS) is 24.0. The molecule has 1 amide bonds. The summed E-state index contributed by atoms with van der Waals surface area (Å²) in [6.45, 7) is 4.58. The lowest BCUT2D eigenvalue weighted by Gasteiger charge is -2.38. The third kappa shape index (κ3) is 7.05. The number of aliphatic carboxylic acids is 1. The van der Waals surface area contributed by atoms with Crippen molar-refractivity contribution in [3.8, 4) is 5.75 Å². The smallest absolute Gasteiger partial charge is 0.321 e. The van der Waals surface area contributed by atoms with E-state index in [1.165, 1.54) is 12.0 Å². The Kier molecular flexibility index (Phi) is 9.76. The number of ether oxygens (including phenoxy) is 1. The van der Waals surface area contributed by atoms with E-state index in [1.807, 2.05) is 42.3 Å². The highest BCUT2D eigenvalue weighted by molar-refractivity contribution is 5.77. The van der Waals surface area contributed by atoms with Gasteiger partial charge in [0.2, 0.25) is 0 Å². The first-order chi connectivity index (χ1) is 19.5. The summed E-state index contributed by atoms with van der Waals surface area (Å²) in [4.78, 5) is 32.0. The van der Waals surface area contributed by atoms with Crippen LogP contribution in [0.25, 0.3) is 0 Å². The van der Waals surface area contributed by atoms with Crippen molar-refractivity contribution < 1.29 is 19.4 Å². The molecule has 7 nitrogen and oxygen atoms in total. The Labute approximate surface area is 239 Å². The van der Waals surface area contributed by atoms with Crippen molar-refractivity contribution in [3.05, 3.63) is 66.2 Å². The van der Waals surface area contributed by atoms with Crippen molar-refractivity contribution in [1.29, 1.82) is 0 Å². The largest absolute Gasteiger partial charge is 0.484 e. The second-order valence-corrected chi connectivity index (χ2v) is 12.1. The maximum absolute atomic E-state index is 12.8. The molecule has 1 saturated carbocycles. The van der Waals surface area contributed by atoms with Crippen LogP contribution in [0.5, 0.6) is 5.75 Å². The number of benzene rings is 2. The standard InChI is InChI=1S/C33H45N3O4/c1-34(31(37)24-40-29-15-9-4-10-16-29)28-17-19-35(20-18-28)21-27-22-36(23-30(27)25-11-5-2-6-12-25)32(33(38)39)26-13-7-3-8-14-26/h2,4-6,9-12,15-16,26-28,30,32H,3,7-8,13-14,17-24H2,1H3,(H,38,39)/t27-,30+,32+/m0/s1. The number of rotatable bonds is 10. The first-order valence-electron chi connectivity index (χ1n) is 15.2. The molecule has 3 atom stereocenters. The lowest BCUT2D eigenvalue weighted by molar-refractivity contribution is -0.145. The number of hydrogen-bond acceptors (Lipinski definition) is 5. The minimum absolute atomic E-state index is 0.0142. The van der Waals surface area contributed by atoms with Gasteiger partial charge in [0.15, 0.2) is 6.61 Å². The number of nitrogens with zero attached hydrogens (tertiary/aromatic N) is 3. The van der Waals surface area contributed by atoms with Crippen LogP contribution in [0, 0.1) is 11.8 Å². The zero-order chi connectivity index (χ0) is 27.9. The van der Waals surface area contributed by atoms with Crippen LogP contribution in [-0.2, 0) is 9.59 Å². The Morgan fingerprint density at radius 3 is 2.23 bits per heavy atom. The molecule has 2 aromatic rings. The van der Waals surface area contributed by atoms with Crippen molar-refractivity contribution in [2.75, 3.05) is 46.4 Å². The number of likely N-dealkylation sites (tertiary alicyclic amines) is 2. The average molecular weight is 548 g/mol. The molecule has 2 heterocycles. The quantitative estimate of drug-likeness (QED) is 0.463. The van der Waals surface area contributed by atoms with Crippen LogP contribution in [0.2, 0.25) is 0 Å². The van der Waals surface area contributed by atoms with Crippen LogP contribution >= 0.6 is 0 Å². The summed E-state index contributed by atoms with van der Waals surface area (Å²) in [5.74, 6) is 1.07. The van der Waals surface area contributed by atoms with Crippen LogP contribution < -0.4 is 4.74 Å². The van der Waals surface area contributed by atoms with E-state index in [0.717, 1.165) is 71.2 Å². The van der Waals surface area contributed by atoms with Crippen molar-refractivity contribution in [1.82, 2.24) is 14.7 Å². The number of carbonyl (C=O) groups is 2. The van der Waals surface area contributed by atoms with Gasteiger partial charge in [0, 0.05) is 51.7 Å². The van der Waals surface area contributed by atoms with Crippen molar-refractivity contribution in [3.63, 3.8) is 0 Å². The van der Waals surface area contributed by atoms with Gasteiger partial charge in [0.1, 0.15) is 11.8 Å². The van der Waals surface area contributed by atoms with Gasteiger partial charge >= 0.3 is 5.97 Å². The summed E-state index contributed by atoms with van der Waals surface area (Å²) in [5.41, 5.74) is 1.32. The molecule has 0 aromatic heterocycles. The molecule has 40 heavy (non-hydrogen) atoms. The van der Waals surface area contributed by atoms with Crippen molar-refractivity contribution in [2.45, 2.75) is 62.9 Å². The predicted octanol–water partition coefficient (Wildman–Crippen LogP) is 4.74. The average Bonchev–Trinajstić information content (AvgIpc) is 3.40. The van der Waals surface area contributed by atoms with Gasteiger partial charge in [-0.3, -0.25) is 14.5 Å². The van der Waals surface area contributed by atoms with E-state index in [2.05, 4.69) is 40.1 Å². The van der Waals surface area contributed by atoms with Crippen molar-refractivity contribution in [2.24, 2.45) is 11.8 Å². The van der Waals surface area contributed by atoms with E-state index in [0.29, 0.717) is 17.6 Å². The molecular weight excluding hydrogens is 502 g/mol. The maximum atomic E-state index is 12.8. The first kappa shape index (κ1) is 28.6. The molecule has 2 saturated heterocycles. The van der Waals surface area contributed by atoms with E-state index in [1.54, 1.807) is 0 Å². The molecule has 0 radical (unpaired) electrons. The third-order valence-electron chi connectivity index (χ3n) is 9.54. The lowest BCUT2D eigenvalue weighted by atomic mass is 9.83. The Morgan fingerprint density at radius 1 is 0.925 bits per heavy atom. The SMILES string of the molecule is CN(C(=O)COc1ccccc1)C1CCN(C[C@H]2CN([C@@H](C(=O)O)C3CCCCC3)C[C@@H]2c2ccccc2)CC1. The van der Waals surface area contributed by atoms with Crippen LogP contribution in [0.15, 0.2) is 60.7 Å². The van der Waals surface area contributed by atoms with Gasteiger partial charge in [0.25, 0.3) is 5.91 Å². The number of carboxylic acids is 1. The molecule has 2 aliphatic heterocycles. The zero-order valence-corrected chi connectivity index (χ0v) is 23.9. The fraction of sp³-hybridized carbons (Fsp3) is 0.576. The Balaban J connectivity index is 1.18. The number of hydrogen-bond donors (Lipinski definition) is 1. The maximum Gasteiger partial charge on any atom is 0.321 e. The Bertz CT molecular complexity index is 1080. The fourth-order valence-electron chi connectivity index (χ4n) is 7.29. The van der Waals surface area contributed by atoms with Crippen LogP contribution in [0.1, 0.15) is 56.4 Å². The van der Waals surface area contributed by atoms with E-state index >= 15 is 0 Å². The molecule has 0 spiro atoms. The minimum Gasteiger partial charge on any atom is -0.484 e. The molecule has 0 unspecified atom stereocenters. The molecule has 5 rings (SSSR count). The highest BCUT2D eigenvalue weighted by Crippen LogP contribution is 2.38. The summed E-state index contributed by atoms with van der Waals surface area (Å²) < 4.78 is 5.69. The van der Waals surface area contributed by atoms with E-state index in [-0.39, 0.29) is 30.5 Å². The molecule has 0 bridgehead atoms. The van der Waals surface area contributed by atoms with Gasteiger partial charge in [-0.25, -0.2) is 0 Å². The van der Waals surface area contributed by atoms with Crippen LogP contribution in [0.4, 0.5) is 0 Å². The highest BCUT2D eigenvalue weighted by Gasteiger charge is 2.43. The number of piperidine rings is 1. The molecule has 3 fully saturated rings. The van der Waals surface area contributed by atoms with Gasteiger partial charge < -0.3 is 19.6 Å². The summed E-state index contributed by atoms with van der Waals surface area (Å²) in [6.07, 6.45) is 7.49. The monoisotopic (exact) mass is 547 g/mol. The second kappa shape index (κ2) is 13.6. The van der Waals surface area contributed by atoms with E-state index in [9.17, 15) is 14.7 Å². The van der Waals surface area contributed by atoms with Crippen molar-refractivity contribution >= 4 is 11.9 Å². The summed E-state index contributed by atoms with van der Waals surface area (Å²) in [5, 5.41) is 10.3. The number of likely N-dealkylation sites (N-methyl/N-ethyl adjacent to an activating group) is 1. The van der Waals surface area contributed by atoms with Gasteiger partial charge in [-0.2, -0.15) is 0 Å². The summed E-state index contributed by atoms with van der Waals surface area (Å²) in [6, 6.07) is 20.0. The number of para-hydroxylation sites is 1. The Morgan fingerprint density at radius 2 is 1.57 bits per heavy atom. The van der Waals surface area contributed by atoms with Gasteiger partial charge in [-0.1, -0.05) is 67.8 Å².